The summed E-state index contributed by atoms with van der Waals surface area (Å²) in [6.07, 6.45) is 4.31. The molecule has 0 radical (unpaired) electrons. The largest absolute Gasteiger partial charge is 0.325 e. The summed E-state index contributed by atoms with van der Waals surface area (Å²) >= 11 is 0. The number of piperidine rings is 1. The van der Waals surface area contributed by atoms with Gasteiger partial charge >= 0.3 is 0 Å². The van der Waals surface area contributed by atoms with Crippen LogP contribution in [-0.4, -0.2) is 37.5 Å². The van der Waals surface area contributed by atoms with Crippen molar-refractivity contribution in [3.63, 3.8) is 0 Å². The molecular weight excluding hydrogens is 288 g/mol. The van der Waals surface area contributed by atoms with Gasteiger partial charge in [-0.1, -0.05) is 25.5 Å². The molecule has 1 amide bonds. The maximum atomic E-state index is 12.4. The van der Waals surface area contributed by atoms with Crippen molar-refractivity contribution in [2.75, 3.05) is 18.1 Å². The summed E-state index contributed by atoms with van der Waals surface area (Å²) in [5.74, 6) is -0.242. The van der Waals surface area contributed by atoms with Gasteiger partial charge in [0, 0.05) is 12.2 Å². The van der Waals surface area contributed by atoms with Crippen LogP contribution in [0.2, 0.25) is 0 Å². The van der Waals surface area contributed by atoms with Crippen LogP contribution in [0.15, 0.2) is 24.3 Å². The van der Waals surface area contributed by atoms with Crippen molar-refractivity contribution in [3.05, 3.63) is 29.8 Å². The molecule has 0 spiro atoms. The zero-order chi connectivity index (χ0) is 15.5. The number of carbonyl (C=O) groups excluding carboxylic acids is 1. The molecular formula is C15H22N2O3S. The zero-order valence-electron chi connectivity index (χ0n) is 12.5. The van der Waals surface area contributed by atoms with E-state index in [2.05, 4.69) is 5.32 Å². The monoisotopic (exact) mass is 310 g/mol. The number of hydrogen-bond donors (Lipinski definition) is 1. The van der Waals surface area contributed by atoms with E-state index in [0.29, 0.717) is 13.0 Å². The Labute approximate surface area is 126 Å². The van der Waals surface area contributed by atoms with Gasteiger partial charge in [-0.25, -0.2) is 8.42 Å². The number of amides is 1. The fraction of sp³-hybridized carbons (Fsp3) is 0.533. The van der Waals surface area contributed by atoms with Gasteiger partial charge in [-0.05, 0) is 37.0 Å². The molecule has 1 N–H and O–H groups in total. The summed E-state index contributed by atoms with van der Waals surface area (Å²) in [5, 5.41) is 2.84. The number of nitrogens with one attached hydrogen (secondary N) is 1. The van der Waals surface area contributed by atoms with Gasteiger partial charge < -0.3 is 5.32 Å². The molecule has 0 bridgehead atoms. The molecule has 21 heavy (non-hydrogen) atoms. The average molecular weight is 310 g/mol. The smallest absolute Gasteiger partial charge is 0.242 e. The fourth-order valence-electron chi connectivity index (χ4n) is 2.66. The van der Waals surface area contributed by atoms with Gasteiger partial charge in [0.05, 0.1) is 6.26 Å². The molecule has 0 aliphatic carbocycles. The Morgan fingerprint density at radius 1 is 1.38 bits per heavy atom. The summed E-state index contributed by atoms with van der Waals surface area (Å²) in [6.45, 7) is 2.47. The van der Waals surface area contributed by atoms with Gasteiger partial charge in [0.25, 0.3) is 0 Å². The molecule has 2 rings (SSSR count). The van der Waals surface area contributed by atoms with Crippen molar-refractivity contribution in [2.24, 2.45) is 0 Å². The Morgan fingerprint density at radius 2 is 2.14 bits per heavy atom. The van der Waals surface area contributed by atoms with Crippen LogP contribution in [0.1, 0.15) is 31.7 Å². The van der Waals surface area contributed by atoms with Gasteiger partial charge in [0.2, 0.25) is 15.9 Å². The van der Waals surface area contributed by atoms with E-state index in [4.69, 9.17) is 0 Å². The predicted molar refractivity (Wildman–Crippen MR) is 83.6 cm³/mol. The number of aryl methyl sites for hydroxylation is 1. The highest BCUT2D eigenvalue weighted by atomic mass is 32.2. The molecule has 116 valence electrons. The summed E-state index contributed by atoms with van der Waals surface area (Å²) < 4.78 is 24.9. The Balaban J connectivity index is 2.14. The van der Waals surface area contributed by atoms with Crippen LogP contribution < -0.4 is 5.32 Å². The third-order valence-electron chi connectivity index (χ3n) is 3.79. The second-order valence-corrected chi connectivity index (χ2v) is 7.36. The molecule has 1 aliphatic heterocycles. The van der Waals surface area contributed by atoms with Crippen LogP contribution in [0.25, 0.3) is 0 Å². The van der Waals surface area contributed by atoms with Crippen molar-refractivity contribution in [3.8, 4) is 0 Å². The van der Waals surface area contributed by atoms with Crippen molar-refractivity contribution in [2.45, 2.75) is 38.6 Å². The van der Waals surface area contributed by atoms with Gasteiger partial charge in [0.1, 0.15) is 6.04 Å². The molecule has 0 saturated carbocycles. The van der Waals surface area contributed by atoms with E-state index in [1.54, 1.807) is 0 Å². The van der Waals surface area contributed by atoms with E-state index in [1.807, 2.05) is 31.2 Å². The molecule has 1 aromatic rings. The highest BCUT2D eigenvalue weighted by Crippen LogP contribution is 2.21. The second kappa shape index (κ2) is 6.58. The molecule has 0 aromatic heterocycles. The topological polar surface area (TPSA) is 66.5 Å². The third-order valence-corrected chi connectivity index (χ3v) is 5.07. The number of rotatable bonds is 4. The molecule has 1 aliphatic rings. The summed E-state index contributed by atoms with van der Waals surface area (Å²) in [7, 11) is -3.35. The van der Waals surface area contributed by atoms with Gasteiger partial charge in [0.15, 0.2) is 0 Å². The minimum absolute atomic E-state index is 0.242. The molecule has 1 aromatic carbocycles. The Bertz CT molecular complexity index is 613. The highest BCUT2D eigenvalue weighted by molar-refractivity contribution is 7.88. The fourth-order valence-corrected chi connectivity index (χ4v) is 3.78. The van der Waals surface area contributed by atoms with E-state index >= 15 is 0 Å². The van der Waals surface area contributed by atoms with Crippen molar-refractivity contribution in [1.29, 1.82) is 0 Å². The Hall–Kier alpha value is -1.40. The van der Waals surface area contributed by atoms with Crippen LogP contribution in [0.3, 0.4) is 0 Å². The molecule has 1 heterocycles. The lowest BCUT2D eigenvalue weighted by Gasteiger charge is -2.32. The van der Waals surface area contributed by atoms with Crippen LogP contribution in [0.4, 0.5) is 5.69 Å². The quantitative estimate of drug-likeness (QED) is 0.925. The number of nitrogens with zero attached hydrogens (tertiary/aromatic N) is 1. The first-order valence-corrected chi connectivity index (χ1v) is 9.13. The number of anilines is 1. The Kier molecular flexibility index (Phi) is 5.00. The third kappa shape index (κ3) is 4.04. The molecule has 1 saturated heterocycles. The Morgan fingerprint density at radius 3 is 2.81 bits per heavy atom. The van der Waals surface area contributed by atoms with E-state index in [9.17, 15) is 13.2 Å². The number of sulfonamides is 1. The van der Waals surface area contributed by atoms with Crippen molar-refractivity contribution < 1.29 is 13.2 Å². The van der Waals surface area contributed by atoms with Crippen LogP contribution in [-0.2, 0) is 21.2 Å². The van der Waals surface area contributed by atoms with Crippen LogP contribution >= 0.6 is 0 Å². The maximum absolute atomic E-state index is 12.4. The first kappa shape index (κ1) is 16.0. The van der Waals surface area contributed by atoms with Crippen LogP contribution in [0.5, 0.6) is 0 Å². The number of benzene rings is 1. The van der Waals surface area contributed by atoms with E-state index < -0.39 is 16.1 Å². The highest BCUT2D eigenvalue weighted by Gasteiger charge is 2.34. The summed E-state index contributed by atoms with van der Waals surface area (Å²) in [4.78, 5) is 12.4. The number of hydrogen-bond acceptors (Lipinski definition) is 3. The summed E-state index contributed by atoms with van der Waals surface area (Å²) in [6, 6.07) is 7.04. The van der Waals surface area contributed by atoms with Crippen LogP contribution in [0, 0.1) is 0 Å². The van der Waals surface area contributed by atoms with Crippen molar-refractivity contribution in [1.82, 2.24) is 4.31 Å². The second-order valence-electron chi connectivity index (χ2n) is 5.43. The first-order valence-electron chi connectivity index (χ1n) is 7.28. The minimum Gasteiger partial charge on any atom is -0.325 e. The SMILES string of the molecule is CCc1cccc(NC(=O)C2CCCCN2S(C)(=O)=O)c1. The minimum atomic E-state index is -3.35. The molecule has 1 fully saturated rings. The molecule has 5 nitrogen and oxygen atoms in total. The molecule has 1 unspecified atom stereocenters. The zero-order valence-corrected chi connectivity index (χ0v) is 13.3. The number of carbonyl (C=O) groups is 1. The van der Waals surface area contributed by atoms with E-state index in [-0.39, 0.29) is 5.91 Å². The lowest BCUT2D eigenvalue weighted by Crippen LogP contribution is -2.49. The molecule has 1 atom stereocenters. The van der Waals surface area contributed by atoms with Gasteiger partial charge in [-0.15, -0.1) is 0 Å². The maximum Gasteiger partial charge on any atom is 0.242 e. The average Bonchev–Trinajstić information content (AvgIpc) is 2.46. The summed E-state index contributed by atoms with van der Waals surface area (Å²) in [5.41, 5.74) is 1.86. The van der Waals surface area contributed by atoms with Gasteiger partial charge in [-0.3, -0.25) is 4.79 Å². The van der Waals surface area contributed by atoms with Gasteiger partial charge in [-0.2, -0.15) is 4.31 Å². The molecule has 6 heteroatoms. The predicted octanol–water partition coefficient (Wildman–Crippen LogP) is 2.00. The van der Waals surface area contributed by atoms with Crippen molar-refractivity contribution >= 4 is 21.6 Å². The normalized spacial score (nSPS) is 20.2. The lowest BCUT2D eigenvalue weighted by molar-refractivity contribution is -0.120. The van der Waals surface area contributed by atoms with E-state index in [1.165, 1.54) is 4.31 Å². The first-order chi connectivity index (χ1) is 9.91. The lowest BCUT2D eigenvalue weighted by atomic mass is 10.0. The van der Waals surface area contributed by atoms with E-state index in [0.717, 1.165) is 36.8 Å². The standard InChI is InChI=1S/C15H22N2O3S/c1-3-12-7-6-8-13(11-12)16-15(18)14-9-4-5-10-17(14)21(2,19)20/h6-8,11,14H,3-5,9-10H2,1-2H3,(H,16,18).